The van der Waals surface area contributed by atoms with E-state index in [9.17, 15) is 5.26 Å². The predicted molar refractivity (Wildman–Crippen MR) is 121 cm³/mol. The van der Waals surface area contributed by atoms with Crippen molar-refractivity contribution in [1.82, 2.24) is 25.1 Å². The largest absolute Gasteiger partial charge is 0.489 e. The van der Waals surface area contributed by atoms with Gasteiger partial charge in [-0.25, -0.2) is 9.97 Å². The lowest BCUT2D eigenvalue weighted by Crippen LogP contribution is -2.56. The van der Waals surface area contributed by atoms with Crippen LogP contribution < -0.4 is 9.64 Å². The quantitative estimate of drug-likeness (QED) is 0.529. The number of ether oxygens (including phenoxy) is 1. The molecule has 2 aliphatic heterocycles. The summed E-state index contributed by atoms with van der Waals surface area (Å²) in [6, 6.07) is 12.8. The van der Waals surface area contributed by atoms with Gasteiger partial charge in [0.15, 0.2) is 0 Å². The number of H-pyrrole nitrogens is 1. The second-order valence-electron chi connectivity index (χ2n) is 8.36. The Kier molecular flexibility index (Phi) is 4.30. The minimum atomic E-state index is 0.387. The van der Waals surface area contributed by atoms with Crippen LogP contribution in [-0.4, -0.2) is 64.4 Å². The number of nitrogens with one attached hydrogen (secondary N) is 1. The third kappa shape index (κ3) is 2.98. The minimum absolute atomic E-state index is 0.387. The van der Waals surface area contributed by atoms with Crippen LogP contribution in [0.3, 0.4) is 0 Å². The first kappa shape index (κ1) is 18.8. The molecule has 1 unspecified atom stereocenters. The fraction of sp³-hybridized carbons (Fsp3) is 0.250. The van der Waals surface area contributed by atoms with Gasteiger partial charge < -0.3 is 14.5 Å². The van der Waals surface area contributed by atoms with Gasteiger partial charge >= 0.3 is 0 Å². The first-order valence-corrected chi connectivity index (χ1v) is 10.6. The summed E-state index contributed by atoms with van der Waals surface area (Å²) >= 11 is 0. The van der Waals surface area contributed by atoms with E-state index in [0.717, 1.165) is 64.4 Å². The molecule has 2 aromatic heterocycles. The molecule has 2 aromatic carbocycles. The normalized spacial score (nSPS) is 18.0. The molecule has 0 radical (unpaired) electrons. The van der Waals surface area contributed by atoms with E-state index < -0.39 is 0 Å². The van der Waals surface area contributed by atoms with Gasteiger partial charge in [0.2, 0.25) is 0 Å². The highest BCUT2D eigenvalue weighted by Crippen LogP contribution is 2.40. The summed E-state index contributed by atoms with van der Waals surface area (Å²) in [5.41, 5.74) is 5.90. The van der Waals surface area contributed by atoms with Gasteiger partial charge in [-0.3, -0.25) is 5.10 Å². The summed E-state index contributed by atoms with van der Waals surface area (Å²) in [5, 5.41) is 18.3. The van der Waals surface area contributed by atoms with Gasteiger partial charge in [-0.15, -0.1) is 0 Å². The number of hydrogen-bond donors (Lipinski definition) is 1. The van der Waals surface area contributed by atoms with E-state index >= 15 is 0 Å². The molecule has 1 N–H and O–H groups in total. The molecule has 2 aliphatic rings. The van der Waals surface area contributed by atoms with Crippen LogP contribution in [0.5, 0.6) is 5.75 Å². The summed E-state index contributed by atoms with van der Waals surface area (Å²) in [6.07, 6.45) is 4.91. The van der Waals surface area contributed by atoms with E-state index in [2.05, 4.69) is 61.3 Å². The van der Waals surface area contributed by atoms with Crippen molar-refractivity contribution in [2.24, 2.45) is 0 Å². The molecular formula is C24H21N7O. The number of fused-ring (bicyclic) bond motifs is 4. The van der Waals surface area contributed by atoms with E-state index in [1.807, 2.05) is 12.1 Å². The highest BCUT2D eigenvalue weighted by atomic mass is 16.5. The molecule has 0 amide bonds. The summed E-state index contributed by atoms with van der Waals surface area (Å²) in [7, 11) is 2.16. The van der Waals surface area contributed by atoms with Gasteiger partial charge in [-0.1, -0.05) is 6.07 Å². The topological polar surface area (TPSA) is 94.0 Å². The average Bonchev–Trinajstić information content (AvgIpc) is 3.26. The zero-order valence-corrected chi connectivity index (χ0v) is 17.6. The monoisotopic (exact) mass is 423 g/mol. The lowest BCUT2D eigenvalue weighted by atomic mass is 9.98. The van der Waals surface area contributed by atoms with Crippen molar-refractivity contribution in [3.05, 3.63) is 54.6 Å². The van der Waals surface area contributed by atoms with Crippen LogP contribution in [0.4, 0.5) is 5.69 Å². The Balaban J connectivity index is 1.44. The third-order valence-electron chi connectivity index (χ3n) is 6.35. The molecule has 158 valence electrons. The molecule has 0 aliphatic carbocycles. The fourth-order valence-electron chi connectivity index (χ4n) is 4.72. The van der Waals surface area contributed by atoms with E-state index in [1.165, 1.54) is 6.33 Å². The Morgan fingerprint density at radius 3 is 2.84 bits per heavy atom. The molecule has 4 aromatic rings. The maximum absolute atomic E-state index is 9.66. The van der Waals surface area contributed by atoms with Crippen molar-refractivity contribution >= 4 is 16.6 Å². The number of benzene rings is 2. The lowest BCUT2D eigenvalue weighted by Gasteiger charge is -2.44. The van der Waals surface area contributed by atoms with Gasteiger partial charge in [0.05, 0.1) is 28.9 Å². The summed E-state index contributed by atoms with van der Waals surface area (Å²) in [4.78, 5) is 13.0. The molecule has 1 fully saturated rings. The Hall–Kier alpha value is -3.96. The molecule has 0 bridgehead atoms. The first-order chi connectivity index (χ1) is 15.7. The number of aromatic amines is 1. The second kappa shape index (κ2) is 7.32. The van der Waals surface area contributed by atoms with E-state index in [0.29, 0.717) is 18.2 Å². The molecule has 1 atom stereocenters. The van der Waals surface area contributed by atoms with E-state index in [-0.39, 0.29) is 0 Å². The highest BCUT2D eigenvalue weighted by molar-refractivity contribution is 5.97. The number of hydrogen-bond acceptors (Lipinski definition) is 7. The Morgan fingerprint density at radius 1 is 1.12 bits per heavy atom. The van der Waals surface area contributed by atoms with Crippen LogP contribution in [0, 0.1) is 11.3 Å². The van der Waals surface area contributed by atoms with E-state index in [1.54, 1.807) is 12.4 Å². The molecule has 0 spiro atoms. The van der Waals surface area contributed by atoms with Gasteiger partial charge in [0.1, 0.15) is 24.4 Å². The molecule has 6 rings (SSSR count). The van der Waals surface area contributed by atoms with Gasteiger partial charge in [-0.2, -0.15) is 10.4 Å². The second-order valence-corrected chi connectivity index (χ2v) is 8.36. The van der Waals surface area contributed by atoms with Crippen molar-refractivity contribution < 1.29 is 4.74 Å². The summed E-state index contributed by atoms with van der Waals surface area (Å²) in [6.45, 7) is 3.75. The molecule has 8 nitrogen and oxygen atoms in total. The van der Waals surface area contributed by atoms with Crippen LogP contribution in [0.25, 0.3) is 33.3 Å². The molecule has 4 heterocycles. The predicted octanol–water partition coefficient (Wildman–Crippen LogP) is 3.07. The van der Waals surface area contributed by atoms with Crippen molar-refractivity contribution in [3.63, 3.8) is 0 Å². The van der Waals surface area contributed by atoms with Crippen molar-refractivity contribution in [1.29, 1.82) is 5.26 Å². The van der Waals surface area contributed by atoms with Crippen molar-refractivity contribution in [2.45, 2.75) is 6.04 Å². The van der Waals surface area contributed by atoms with Gasteiger partial charge in [0, 0.05) is 54.1 Å². The van der Waals surface area contributed by atoms with Gasteiger partial charge in [0.25, 0.3) is 0 Å². The number of aromatic nitrogens is 4. The number of likely N-dealkylation sites (N-methyl/N-ethyl adjacent to an activating group) is 1. The Bertz CT molecular complexity index is 1360. The van der Waals surface area contributed by atoms with Gasteiger partial charge in [-0.05, 0) is 31.3 Å². The third-order valence-corrected chi connectivity index (χ3v) is 6.35. The standard InChI is InChI=1S/C24H21N7O/c1-30-4-5-31-18(12-30)13-32-23-7-15(2-3-22(23)31)24-20-8-19(17-10-26-14-27-11-17)16(9-25)6-21(20)28-29-24/h2-3,6-8,10-11,14,18H,4-5,12-13H2,1H3,(H,28,29). The van der Waals surface area contributed by atoms with Crippen molar-refractivity contribution in [2.75, 3.05) is 38.2 Å². The summed E-state index contributed by atoms with van der Waals surface area (Å²) in [5.74, 6) is 0.893. The zero-order valence-electron chi connectivity index (χ0n) is 17.6. The molecule has 8 heteroatoms. The van der Waals surface area contributed by atoms with Crippen LogP contribution in [0.1, 0.15) is 5.56 Å². The number of piperazine rings is 1. The van der Waals surface area contributed by atoms with Crippen LogP contribution in [0.2, 0.25) is 0 Å². The maximum atomic E-state index is 9.66. The number of nitrogens with zero attached hydrogens (tertiary/aromatic N) is 6. The minimum Gasteiger partial charge on any atom is -0.489 e. The average molecular weight is 423 g/mol. The first-order valence-electron chi connectivity index (χ1n) is 10.6. The van der Waals surface area contributed by atoms with Crippen molar-refractivity contribution in [3.8, 4) is 34.2 Å². The Morgan fingerprint density at radius 2 is 2.00 bits per heavy atom. The van der Waals surface area contributed by atoms with Crippen LogP contribution in [0.15, 0.2) is 49.1 Å². The molecular weight excluding hydrogens is 402 g/mol. The summed E-state index contributed by atoms with van der Waals surface area (Å²) < 4.78 is 6.16. The smallest absolute Gasteiger partial charge is 0.143 e. The molecule has 0 saturated carbocycles. The Labute approximate surface area is 185 Å². The SMILES string of the molecule is CN1CCN2c3ccc(-c4n[nH]c5cc(C#N)c(-c6cncnc6)cc45)cc3OCC2C1. The zero-order chi connectivity index (χ0) is 21.7. The molecule has 1 saturated heterocycles. The lowest BCUT2D eigenvalue weighted by molar-refractivity contribution is 0.188. The number of rotatable bonds is 2. The van der Waals surface area contributed by atoms with Crippen LogP contribution in [-0.2, 0) is 0 Å². The number of nitriles is 1. The fourth-order valence-corrected chi connectivity index (χ4v) is 4.72. The molecule has 32 heavy (non-hydrogen) atoms. The maximum Gasteiger partial charge on any atom is 0.143 e. The number of anilines is 1. The highest BCUT2D eigenvalue weighted by Gasteiger charge is 2.32. The van der Waals surface area contributed by atoms with E-state index in [4.69, 9.17) is 4.74 Å². The van der Waals surface area contributed by atoms with Crippen LogP contribution >= 0.6 is 0 Å².